The summed E-state index contributed by atoms with van der Waals surface area (Å²) in [5, 5.41) is 6.74. The van der Waals surface area contributed by atoms with Gasteiger partial charge in [0.15, 0.2) is 0 Å². The number of benzene rings is 3. The van der Waals surface area contributed by atoms with Crippen LogP contribution in [0.15, 0.2) is 103 Å². The molecule has 0 fully saturated rings. The van der Waals surface area contributed by atoms with E-state index >= 15 is 0 Å². The van der Waals surface area contributed by atoms with Gasteiger partial charge in [-0.15, -0.1) is 81.2 Å². The molecule has 0 nitrogen and oxygen atoms in total. The predicted molar refractivity (Wildman–Crippen MR) is 123 cm³/mol. The Kier molecular flexibility index (Phi) is 13.8. The first kappa shape index (κ1) is 28.6. The molecule has 0 amide bonds. The standard InChI is InChI=1S/2C10H9.C6H7Si.2ClH.Zr/c2*1-8-6-9-4-2-3-5-10(9)7-8;7-6-4-2-1-3-5-6;;;/h2*2-7H,1H3;1-5H,7H2;2*1H;/q2*-1;;;;+4/p-2. The van der Waals surface area contributed by atoms with E-state index in [1.165, 1.54) is 37.9 Å². The number of fused-ring (bicyclic) bond motifs is 2. The van der Waals surface area contributed by atoms with Crippen LogP contribution in [-0.2, 0) is 26.2 Å². The molecule has 0 bridgehead atoms. The number of halogens is 2. The van der Waals surface area contributed by atoms with Gasteiger partial charge in [-0.2, -0.15) is 12.1 Å². The Morgan fingerprint density at radius 3 is 1.27 bits per heavy atom. The van der Waals surface area contributed by atoms with Crippen molar-refractivity contribution in [2.75, 3.05) is 0 Å². The van der Waals surface area contributed by atoms with Crippen LogP contribution in [0, 0.1) is 13.8 Å². The van der Waals surface area contributed by atoms with Crippen LogP contribution in [0.1, 0.15) is 11.1 Å². The smallest absolute Gasteiger partial charge is 1.00 e. The minimum absolute atomic E-state index is 0. The van der Waals surface area contributed by atoms with Crippen molar-refractivity contribution in [2.45, 2.75) is 13.8 Å². The molecule has 0 atom stereocenters. The zero-order valence-electron chi connectivity index (χ0n) is 17.3. The summed E-state index contributed by atoms with van der Waals surface area (Å²) >= 11 is 0. The van der Waals surface area contributed by atoms with Crippen molar-refractivity contribution in [3.63, 3.8) is 0 Å². The summed E-state index contributed by atoms with van der Waals surface area (Å²) in [4.78, 5) is 0. The summed E-state index contributed by atoms with van der Waals surface area (Å²) in [6.45, 7) is 4.25. The van der Waals surface area contributed by atoms with E-state index in [2.05, 4.69) is 98.8 Å². The predicted octanol–water partition coefficient (Wildman–Crippen LogP) is -0.315. The summed E-state index contributed by atoms with van der Waals surface area (Å²) in [6, 6.07) is 36.0. The SMILES string of the molecule is Cc1cc2ccccc2[cH-]1.Cc1cc2ccccc2[cH-]1.[Cl-].[Cl-].[SiH2]c1ccccc1.[Zr+4]. The third-order valence-corrected chi connectivity index (χ3v) is 4.84. The number of hydrogen-bond donors (Lipinski definition) is 0. The average Bonchev–Trinajstić information content (AvgIpc) is 3.23. The van der Waals surface area contributed by atoms with E-state index in [1.54, 1.807) is 0 Å². The molecule has 0 aliphatic carbocycles. The minimum atomic E-state index is 0. The van der Waals surface area contributed by atoms with Gasteiger partial charge in [-0.1, -0.05) is 61.5 Å². The van der Waals surface area contributed by atoms with Crippen LogP contribution in [0.2, 0.25) is 0 Å². The second-order valence-electron chi connectivity index (χ2n) is 6.81. The van der Waals surface area contributed by atoms with Crippen LogP contribution in [0.5, 0.6) is 0 Å². The third-order valence-electron chi connectivity index (χ3n) is 4.37. The Morgan fingerprint density at radius 2 is 0.933 bits per heavy atom. The Balaban J connectivity index is 0.000000407. The number of rotatable bonds is 0. The first-order valence-electron chi connectivity index (χ1n) is 9.23. The molecule has 0 unspecified atom stereocenters. The average molecular weight is 528 g/mol. The monoisotopic (exact) mass is 525 g/mol. The maximum Gasteiger partial charge on any atom is 4.00 e. The zero-order chi connectivity index (χ0) is 19.1. The van der Waals surface area contributed by atoms with Gasteiger partial charge < -0.3 is 24.8 Å². The van der Waals surface area contributed by atoms with Crippen LogP contribution >= 0.6 is 0 Å². The van der Waals surface area contributed by atoms with Crippen molar-refractivity contribution in [1.29, 1.82) is 0 Å². The van der Waals surface area contributed by atoms with E-state index in [-0.39, 0.29) is 51.0 Å². The van der Waals surface area contributed by atoms with E-state index in [0.717, 1.165) is 0 Å². The van der Waals surface area contributed by atoms with Gasteiger partial charge in [0.2, 0.25) is 0 Å². The Labute approximate surface area is 214 Å². The van der Waals surface area contributed by atoms with Crippen LogP contribution < -0.4 is 30.0 Å². The molecule has 151 valence electrons. The molecule has 0 heterocycles. The molecule has 30 heavy (non-hydrogen) atoms. The molecule has 5 rings (SSSR count). The summed E-state index contributed by atoms with van der Waals surface area (Å²) in [7, 11) is 1.90. The zero-order valence-corrected chi connectivity index (χ0v) is 22.7. The third kappa shape index (κ3) is 8.74. The first-order chi connectivity index (χ1) is 13.1. The molecular formula is C26H25Cl2SiZr. The fraction of sp³-hybridized carbons (Fsp3) is 0.0769. The molecule has 0 N–H and O–H groups in total. The van der Waals surface area contributed by atoms with Crippen LogP contribution in [-0.4, -0.2) is 10.2 Å². The first-order valence-corrected chi connectivity index (χ1v) is 9.94. The molecule has 0 aromatic heterocycles. The quantitative estimate of drug-likeness (QED) is 0.192. The maximum atomic E-state index is 2.20. The summed E-state index contributed by atoms with van der Waals surface area (Å²) in [5.74, 6) is 0. The summed E-state index contributed by atoms with van der Waals surface area (Å²) in [6.07, 6.45) is 0. The Bertz CT molecular complexity index is 975. The Morgan fingerprint density at radius 1 is 0.567 bits per heavy atom. The van der Waals surface area contributed by atoms with E-state index in [0.29, 0.717) is 0 Å². The van der Waals surface area contributed by atoms with Gasteiger partial charge in [0.05, 0.1) is 0 Å². The van der Waals surface area contributed by atoms with Gasteiger partial charge in [0.1, 0.15) is 0 Å². The van der Waals surface area contributed by atoms with Gasteiger partial charge >= 0.3 is 26.2 Å². The van der Waals surface area contributed by atoms with Crippen molar-refractivity contribution < 1.29 is 51.0 Å². The van der Waals surface area contributed by atoms with Crippen molar-refractivity contribution in [3.8, 4) is 0 Å². The maximum absolute atomic E-state index is 2.20. The molecule has 0 spiro atoms. The second kappa shape index (κ2) is 14.5. The summed E-state index contributed by atoms with van der Waals surface area (Å²) < 4.78 is 0. The molecule has 0 aliphatic heterocycles. The van der Waals surface area contributed by atoms with Crippen molar-refractivity contribution in [2.24, 2.45) is 0 Å². The van der Waals surface area contributed by atoms with Gasteiger partial charge in [-0.25, -0.2) is 0 Å². The van der Waals surface area contributed by atoms with E-state index in [9.17, 15) is 0 Å². The second-order valence-corrected chi connectivity index (χ2v) is 7.63. The topological polar surface area (TPSA) is 0 Å². The molecular weight excluding hydrogens is 503 g/mol. The van der Waals surface area contributed by atoms with Crippen LogP contribution in [0.3, 0.4) is 0 Å². The molecule has 5 aromatic carbocycles. The largest absolute Gasteiger partial charge is 4.00 e. The number of aryl methyl sites for hydroxylation is 2. The van der Waals surface area contributed by atoms with Crippen molar-refractivity contribution in [3.05, 3.63) is 114 Å². The van der Waals surface area contributed by atoms with Gasteiger partial charge in [-0.3, -0.25) is 0 Å². The summed E-state index contributed by atoms with van der Waals surface area (Å²) in [5.41, 5.74) is 2.70. The van der Waals surface area contributed by atoms with E-state index in [1.807, 2.05) is 28.4 Å². The van der Waals surface area contributed by atoms with Crippen LogP contribution in [0.4, 0.5) is 0 Å². The van der Waals surface area contributed by atoms with Crippen LogP contribution in [0.25, 0.3) is 21.5 Å². The Hall–Kier alpha value is -1.44. The molecule has 0 saturated carbocycles. The molecule has 4 heteroatoms. The molecule has 0 saturated heterocycles. The van der Waals surface area contributed by atoms with Gasteiger partial charge in [0.25, 0.3) is 0 Å². The van der Waals surface area contributed by atoms with Crippen molar-refractivity contribution >= 4 is 37.0 Å². The van der Waals surface area contributed by atoms with E-state index < -0.39 is 0 Å². The fourth-order valence-corrected chi connectivity index (χ4v) is 3.36. The minimum Gasteiger partial charge on any atom is -1.00 e. The van der Waals surface area contributed by atoms with Gasteiger partial charge in [-0.05, 0) is 0 Å². The number of hydrogen-bond acceptors (Lipinski definition) is 0. The fourth-order valence-electron chi connectivity index (χ4n) is 3.09. The molecule has 0 aliphatic rings. The van der Waals surface area contributed by atoms with Gasteiger partial charge in [0, 0.05) is 10.2 Å². The molecule has 1 radical (unpaired) electrons. The van der Waals surface area contributed by atoms with Crippen molar-refractivity contribution in [1.82, 2.24) is 0 Å². The normalized spacial score (nSPS) is 9.03. The molecule has 5 aromatic rings. The van der Waals surface area contributed by atoms with E-state index in [4.69, 9.17) is 0 Å².